The largest absolute Gasteiger partial charge is 0.330 e. The second-order valence-corrected chi connectivity index (χ2v) is 4.72. The van der Waals surface area contributed by atoms with Gasteiger partial charge in [-0.15, -0.1) is 0 Å². The van der Waals surface area contributed by atoms with Crippen molar-refractivity contribution < 1.29 is 0 Å². The van der Waals surface area contributed by atoms with Crippen LogP contribution in [0.4, 0.5) is 0 Å². The van der Waals surface area contributed by atoms with Crippen LogP contribution in [-0.4, -0.2) is 25.9 Å². The van der Waals surface area contributed by atoms with Crippen LogP contribution in [0.5, 0.6) is 0 Å². The third kappa shape index (κ3) is 2.95. The molecule has 15 heavy (non-hydrogen) atoms. The first-order chi connectivity index (χ1) is 7.38. The zero-order valence-corrected chi connectivity index (χ0v) is 9.46. The number of nitrogens with zero attached hydrogens (tertiary/aromatic N) is 4. The van der Waals surface area contributed by atoms with Gasteiger partial charge in [0, 0.05) is 12.4 Å². The maximum Gasteiger partial charge on any atom is 0.194 e. The summed E-state index contributed by atoms with van der Waals surface area (Å²) in [6.45, 7) is 0.617. The van der Waals surface area contributed by atoms with E-state index >= 15 is 0 Å². The van der Waals surface area contributed by atoms with Crippen molar-refractivity contribution in [3.05, 3.63) is 24.3 Å². The first-order valence-corrected chi connectivity index (χ1v) is 5.93. The van der Waals surface area contributed by atoms with Crippen LogP contribution in [0.3, 0.4) is 0 Å². The minimum atomic E-state index is 0.617. The van der Waals surface area contributed by atoms with Gasteiger partial charge < -0.3 is 5.73 Å². The van der Waals surface area contributed by atoms with Crippen molar-refractivity contribution in [2.24, 2.45) is 5.73 Å². The molecule has 2 aromatic heterocycles. The average molecular weight is 239 g/mol. The van der Waals surface area contributed by atoms with Crippen molar-refractivity contribution in [2.75, 3.05) is 6.54 Å². The maximum atomic E-state index is 5.43. The van der Waals surface area contributed by atoms with Crippen molar-refractivity contribution in [3.8, 4) is 0 Å². The summed E-state index contributed by atoms with van der Waals surface area (Å²) < 4.78 is 4.75. The molecule has 2 aromatic rings. The van der Waals surface area contributed by atoms with Crippen molar-refractivity contribution in [1.29, 1.82) is 0 Å². The van der Waals surface area contributed by atoms with E-state index in [1.807, 2.05) is 0 Å². The van der Waals surface area contributed by atoms with Crippen molar-refractivity contribution in [1.82, 2.24) is 19.3 Å². The highest BCUT2D eigenvalue weighted by Crippen LogP contribution is 2.24. The van der Waals surface area contributed by atoms with Gasteiger partial charge in [0.25, 0.3) is 0 Å². The fraction of sp³-hybridized carbons (Fsp3) is 0.250. The second kappa shape index (κ2) is 5.15. The summed E-state index contributed by atoms with van der Waals surface area (Å²) in [4.78, 5) is 12.5. The van der Waals surface area contributed by atoms with Crippen LogP contribution >= 0.6 is 23.3 Å². The highest BCUT2D eigenvalue weighted by molar-refractivity contribution is 8.00. The number of nitrogens with two attached hydrogens (primary N) is 1. The molecule has 5 nitrogen and oxygen atoms in total. The van der Waals surface area contributed by atoms with Crippen molar-refractivity contribution in [2.45, 2.75) is 15.9 Å². The van der Waals surface area contributed by atoms with Gasteiger partial charge in [-0.2, -0.15) is 4.37 Å². The monoisotopic (exact) mass is 239 g/mol. The number of hydrogen-bond donors (Lipinski definition) is 1. The molecule has 7 heteroatoms. The molecule has 2 rings (SSSR count). The minimum Gasteiger partial charge on any atom is -0.330 e. The van der Waals surface area contributed by atoms with Crippen LogP contribution in [-0.2, 0) is 6.42 Å². The third-order valence-corrected chi connectivity index (χ3v) is 3.24. The highest BCUT2D eigenvalue weighted by atomic mass is 32.2. The van der Waals surface area contributed by atoms with E-state index in [0.29, 0.717) is 11.7 Å². The Bertz CT molecular complexity index is 399. The van der Waals surface area contributed by atoms with Crippen molar-refractivity contribution >= 4 is 23.3 Å². The molecule has 0 amide bonds. The van der Waals surface area contributed by atoms with Gasteiger partial charge in [-0.25, -0.2) is 15.0 Å². The number of aromatic nitrogens is 4. The van der Waals surface area contributed by atoms with Crippen LogP contribution in [0.2, 0.25) is 0 Å². The summed E-state index contributed by atoms with van der Waals surface area (Å²) in [5.74, 6) is 0. The molecule has 0 aliphatic carbocycles. The van der Waals surface area contributed by atoms with E-state index in [1.165, 1.54) is 29.6 Å². The lowest BCUT2D eigenvalue weighted by atomic mass is 10.2. The molecular formula is C8H9N5S2. The van der Waals surface area contributed by atoms with Gasteiger partial charge in [0.05, 0.1) is 0 Å². The van der Waals surface area contributed by atoms with Crippen LogP contribution in [0.15, 0.2) is 28.2 Å². The normalized spacial score (nSPS) is 10.5. The quantitative estimate of drug-likeness (QED) is 0.801. The van der Waals surface area contributed by atoms with Gasteiger partial charge in [0.1, 0.15) is 6.33 Å². The molecule has 0 radical (unpaired) electrons. The van der Waals surface area contributed by atoms with Gasteiger partial charge in [-0.3, -0.25) is 0 Å². The van der Waals surface area contributed by atoms with Gasteiger partial charge in [-0.1, -0.05) is 0 Å². The molecule has 0 atom stereocenters. The van der Waals surface area contributed by atoms with Gasteiger partial charge >= 0.3 is 0 Å². The Morgan fingerprint density at radius 3 is 2.67 bits per heavy atom. The SMILES string of the molecule is NCCc1cnc(Sc2ncns2)nc1. The molecule has 0 saturated heterocycles. The maximum absolute atomic E-state index is 5.43. The number of rotatable bonds is 4. The zero-order valence-electron chi connectivity index (χ0n) is 7.83. The lowest BCUT2D eigenvalue weighted by molar-refractivity contribution is 0.890. The van der Waals surface area contributed by atoms with E-state index in [2.05, 4.69) is 19.3 Å². The molecule has 0 bridgehead atoms. The Hall–Kier alpha value is -1.05. The molecule has 78 valence electrons. The first-order valence-electron chi connectivity index (χ1n) is 4.34. The Kier molecular flexibility index (Phi) is 3.59. The zero-order chi connectivity index (χ0) is 10.5. The summed E-state index contributed by atoms with van der Waals surface area (Å²) in [6, 6.07) is 0. The second-order valence-electron chi connectivity index (χ2n) is 2.72. The predicted molar refractivity (Wildman–Crippen MR) is 58.8 cm³/mol. The fourth-order valence-corrected chi connectivity index (χ4v) is 2.22. The minimum absolute atomic E-state index is 0.617. The van der Waals surface area contributed by atoms with E-state index in [9.17, 15) is 0 Å². The Morgan fingerprint density at radius 1 is 1.27 bits per heavy atom. The van der Waals surface area contributed by atoms with E-state index in [-0.39, 0.29) is 0 Å². The molecule has 0 spiro atoms. The molecule has 0 aromatic carbocycles. The molecule has 0 fully saturated rings. The Morgan fingerprint density at radius 2 is 2.07 bits per heavy atom. The van der Waals surface area contributed by atoms with Gasteiger partial charge in [0.2, 0.25) is 0 Å². The summed E-state index contributed by atoms with van der Waals surface area (Å²) in [7, 11) is 0. The average Bonchev–Trinajstić information content (AvgIpc) is 2.74. The van der Waals surface area contributed by atoms with E-state index < -0.39 is 0 Å². The van der Waals surface area contributed by atoms with E-state index in [1.54, 1.807) is 12.4 Å². The highest BCUT2D eigenvalue weighted by Gasteiger charge is 2.03. The lowest BCUT2D eigenvalue weighted by Gasteiger charge is -1.98. The van der Waals surface area contributed by atoms with Crippen LogP contribution < -0.4 is 5.73 Å². The van der Waals surface area contributed by atoms with Gasteiger partial charge in [-0.05, 0) is 41.8 Å². The Balaban J connectivity index is 2.04. The molecule has 2 N–H and O–H groups in total. The molecule has 0 aliphatic heterocycles. The third-order valence-electron chi connectivity index (χ3n) is 1.63. The fourth-order valence-electron chi connectivity index (χ4n) is 0.977. The van der Waals surface area contributed by atoms with Crippen LogP contribution in [0, 0.1) is 0 Å². The molecule has 2 heterocycles. The summed E-state index contributed by atoms with van der Waals surface area (Å²) >= 11 is 2.75. The summed E-state index contributed by atoms with van der Waals surface area (Å²) in [5, 5.41) is 0.688. The summed E-state index contributed by atoms with van der Waals surface area (Å²) in [6.07, 6.45) is 5.92. The molecular weight excluding hydrogens is 230 g/mol. The molecule has 0 aliphatic rings. The smallest absolute Gasteiger partial charge is 0.194 e. The topological polar surface area (TPSA) is 77.6 Å². The summed E-state index contributed by atoms with van der Waals surface area (Å²) in [5.41, 5.74) is 6.49. The van der Waals surface area contributed by atoms with Crippen LogP contribution in [0.1, 0.15) is 5.56 Å². The Labute approximate surface area is 95.3 Å². The van der Waals surface area contributed by atoms with Crippen molar-refractivity contribution in [3.63, 3.8) is 0 Å². The van der Waals surface area contributed by atoms with E-state index in [0.717, 1.165) is 16.3 Å². The molecule has 0 saturated carbocycles. The van der Waals surface area contributed by atoms with Gasteiger partial charge in [0.15, 0.2) is 9.50 Å². The first kappa shape index (κ1) is 10.5. The lowest BCUT2D eigenvalue weighted by Crippen LogP contribution is -2.03. The molecule has 0 unspecified atom stereocenters. The van der Waals surface area contributed by atoms with E-state index in [4.69, 9.17) is 5.73 Å². The standard InChI is InChI=1S/C8H9N5S2/c9-2-1-6-3-10-7(11-4-6)14-8-12-5-13-15-8/h3-5H,1-2,9H2. The van der Waals surface area contributed by atoms with Crippen LogP contribution in [0.25, 0.3) is 0 Å². The predicted octanol–water partition coefficient (Wildman–Crippen LogP) is 0.981. The number of hydrogen-bond acceptors (Lipinski definition) is 7.